The highest BCUT2D eigenvalue weighted by atomic mass is 79.9. The first-order chi connectivity index (χ1) is 6.63. The molecule has 1 aromatic carbocycles. The molecule has 2 N–H and O–H groups in total. The first-order valence-corrected chi connectivity index (χ1v) is 4.74. The van der Waals surface area contributed by atoms with Crippen LogP contribution in [0.1, 0.15) is 5.56 Å². The Kier molecular flexibility index (Phi) is 3.71. The van der Waals surface area contributed by atoms with E-state index < -0.39 is 5.97 Å². The Bertz CT molecular complexity index is 374. The molecule has 0 heterocycles. The maximum absolute atomic E-state index is 10.8. The van der Waals surface area contributed by atoms with E-state index >= 15 is 0 Å². The highest BCUT2D eigenvalue weighted by molar-refractivity contribution is 9.10. The van der Waals surface area contributed by atoms with Gasteiger partial charge in [-0.1, -0.05) is 22.0 Å². The van der Waals surface area contributed by atoms with E-state index in [9.17, 15) is 4.79 Å². The van der Waals surface area contributed by atoms with Crippen LogP contribution in [0, 0.1) is 0 Å². The number of nitrogen functional groups attached to an aromatic ring is 1. The Labute approximate surface area is 90.7 Å². The minimum absolute atomic E-state index is 0.396. The fourth-order valence-corrected chi connectivity index (χ4v) is 1.30. The third-order valence-corrected chi connectivity index (χ3v) is 2.14. The molecule has 0 aliphatic heterocycles. The predicted molar refractivity (Wildman–Crippen MR) is 59.6 cm³/mol. The van der Waals surface area contributed by atoms with Crippen molar-refractivity contribution < 1.29 is 9.53 Å². The molecule has 0 radical (unpaired) electrons. The molecule has 0 saturated carbocycles. The van der Waals surface area contributed by atoms with Gasteiger partial charge < -0.3 is 10.5 Å². The number of rotatable bonds is 2. The number of hydrogen-bond acceptors (Lipinski definition) is 3. The average Bonchev–Trinajstić information content (AvgIpc) is 2.16. The number of anilines is 1. The molecular formula is C10H10BrNO2. The Hall–Kier alpha value is -1.29. The molecule has 0 aliphatic rings. The van der Waals surface area contributed by atoms with Crippen LogP contribution >= 0.6 is 15.9 Å². The van der Waals surface area contributed by atoms with Gasteiger partial charge in [0.1, 0.15) is 0 Å². The smallest absolute Gasteiger partial charge is 0.330 e. The number of halogens is 1. The quantitative estimate of drug-likeness (QED) is 0.501. The molecule has 0 fully saturated rings. The van der Waals surface area contributed by atoms with E-state index in [1.165, 1.54) is 13.2 Å². The Morgan fingerprint density at radius 3 is 2.86 bits per heavy atom. The summed E-state index contributed by atoms with van der Waals surface area (Å²) in [6, 6.07) is 5.45. The third-order valence-electron chi connectivity index (χ3n) is 1.65. The molecule has 74 valence electrons. The van der Waals surface area contributed by atoms with Crippen molar-refractivity contribution in [3.8, 4) is 0 Å². The fraction of sp³-hybridized carbons (Fsp3) is 0.100. The summed E-state index contributed by atoms with van der Waals surface area (Å²) in [6.45, 7) is 0. The lowest BCUT2D eigenvalue weighted by molar-refractivity contribution is -0.134. The van der Waals surface area contributed by atoms with Gasteiger partial charge in [-0.25, -0.2) is 4.79 Å². The second kappa shape index (κ2) is 4.81. The zero-order valence-electron chi connectivity index (χ0n) is 7.66. The maximum Gasteiger partial charge on any atom is 0.330 e. The zero-order valence-corrected chi connectivity index (χ0v) is 9.24. The van der Waals surface area contributed by atoms with Crippen LogP contribution < -0.4 is 5.73 Å². The van der Waals surface area contributed by atoms with E-state index in [1.54, 1.807) is 12.1 Å². The molecule has 4 heteroatoms. The zero-order chi connectivity index (χ0) is 10.6. The summed E-state index contributed by atoms with van der Waals surface area (Å²) in [5.41, 5.74) is 7.12. The van der Waals surface area contributed by atoms with Crippen molar-refractivity contribution in [3.05, 3.63) is 34.3 Å². The highest BCUT2D eigenvalue weighted by Crippen LogP contribution is 2.19. The van der Waals surface area contributed by atoms with Gasteiger partial charge in [-0.3, -0.25) is 0 Å². The van der Waals surface area contributed by atoms with E-state index in [1.807, 2.05) is 12.1 Å². The highest BCUT2D eigenvalue weighted by Gasteiger charge is 1.97. The van der Waals surface area contributed by atoms with Gasteiger partial charge in [-0.15, -0.1) is 0 Å². The second-order valence-electron chi connectivity index (χ2n) is 2.63. The Balaban J connectivity index is 2.87. The van der Waals surface area contributed by atoms with Gasteiger partial charge in [-0.2, -0.15) is 0 Å². The van der Waals surface area contributed by atoms with Gasteiger partial charge in [0.15, 0.2) is 0 Å². The molecule has 0 aromatic heterocycles. The first-order valence-electron chi connectivity index (χ1n) is 3.94. The van der Waals surface area contributed by atoms with E-state index in [-0.39, 0.29) is 0 Å². The fourth-order valence-electron chi connectivity index (χ4n) is 0.923. The topological polar surface area (TPSA) is 52.3 Å². The van der Waals surface area contributed by atoms with Crippen molar-refractivity contribution in [1.82, 2.24) is 0 Å². The lowest BCUT2D eigenvalue weighted by Crippen LogP contribution is -1.94. The summed E-state index contributed by atoms with van der Waals surface area (Å²) in [7, 11) is 1.33. The predicted octanol–water partition coefficient (Wildman–Crippen LogP) is 2.22. The van der Waals surface area contributed by atoms with Gasteiger partial charge >= 0.3 is 5.97 Å². The summed E-state index contributed by atoms with van der Waals surface area (Å²) >= 11 is 3.29. The van der Waals surface area contributed by atoms with Crippen molar-refractivity contribution in [2.24, 2.45) is 0 Å². The molecule has 0 atom stereocenters. The SMILES string of the molecule is COC(=O)/C=C/c1ccc(Br)cc1N. The van der Waals surface area contributed by atoms with Crippen molar-refractivity contribution in [3.63, 3.8) is 0 Å². The molecule has 1 aromatic rings. The molecule has 0 bridgehead atoms. The van der Waals surface area contributed by atoms with E-state index in [0.29, 0.717) is 5.69 Å². The van der Waals surface area contributed by atoms with Gasteiger partial charge in [0, 0.05) is 16.2 Å². The van der Waals surface area contributed by atoms with Crippen LogP contribution in [0.2, 0.25) is 0 Å². The van der Waals surface area contributed by atoms with E-state index in [0.717, 1.165) is 10.0 Å². The Morgan fingerprint density at radius 1 is 1.57 bits per heavy atom. The largest absolute Gasteiger partial charge is 0.466 e. The standard InChI is InChI=1S/C10H10BrNO2/c1-14-10(13)5-3-7-2-4-8(11)6-9(7)12/h2-6H,12H2,1H3/b5-3+. The summed E-state index contributed by atoms with van der Waals surface area (Å²) in [6.07, 6.45) is 2.95. The van der Waals surface area contributed by atoms with Crippen molar-refractivity contribution >= 4 is 33.7 Å². The summed E-state index contributed by atoms with van der Waals surface area (Å²) in [5, 5.41) is 0. The molecular weight excluding hydrogens is 246 g/mol. The number of nitrogens with two attached hydrogens (primary N) is 1. The van der Waals surface area contributed by atoms with Gasteiger partial charge in [0.2, 0.25) is 0 Å². The van der Waals surface area contributed by atoms with Crippen molar-refractivity contribution in [2.45, 2.75) is 0 Å². The number of carbonyl (C=O) groups is 1. The van der Waals surface area contributed by atoms with Crippen LogP contribution in [0.25, 0.3) is 6.08 Å². The number of benzene rings is 1. The minimum atomic E-state index is -0.396. The van der Waals surface area contributed by atoms with Gasteiger partial charge in [0.25, 0.3) is 0 Å². The van der Waals surface area contributed by atoms with Crippen LogP contribution in [0.3, 0.4) is 0 Å². The minimum Gasteiger partial charge on any atom is -0.466 e. The molecule has 0 unspecified atom stereocenters. The van der Waals surface area contributed by atoms with Crippen LogP contribution in [0.5, 0.6) is 0 Å². The molecule has 3 nitrogen and oxygen atoms in total. The molecule has 0 spiro atoms. The Morgan fingerprint density at radius 2 is 2.29 bits per heavy atom. The molecule has 0 saturated heterocycles. The second-order valence-corrected chi connectivity index (χ2v) is 3.55. The first kappa shape index (κ1) is 10.8. The van der Waals surface area contributed by atoms with Crippen LogP contribution in [-0.4, -0.2) is 13.1 Å². The lowest BCUT2D eigenvalue weighted by atomic mass is 10.2. The molecule has 1 rings (SSSR count). The molecule has 0 amide bonds. The van der Waals surface area contributed by atoms with E-state index in [4.69, 9.17) is 5.73 Å². The van der Waals surface area contributed by atoms with Gasteiger partial charge in [0.05, 0.1) is 7.11 Å². The molecule has 14 heavy (non-hydrogen) atoms. The monoisotopic (exact) mass is 255 g/mol. The average molecular weight is 256 g/mol. The summed E-state index contributed by atoms with van der Waals surface area (Å²) < 4.78 is 5.37. The number of methoxy groups -OCH3 is 1. The summed E-state index contributed by atoms with van der Waals surface area (Å²) in [5.74, 6) is -0.396. The van der Waals surface area contributed by atoms with Crippen LogP contribution in [0.15, 0.2) is 28.7 Å². The normalized spacial score (nSPS) is 10.4. The third kappa shape index (κ3) is 2.88. The van der Waals surface area contributed by atoms with E-state index in [2.05, 4.69) is 20.7 Å². The number of ether oxygens (including phenoxy) is 1. The molecule has 0 aliphatic carbocycles. The number of esters is 1. The number of carbonyl (C=O) groups excluding carboxylic acids is 1. The lowest BCUT2D eigenvalue weighted by Gasteiger charge is -2.00. The maximum atomic E-state index is 10.8. The summed E-state index contributed by atoms with van der Waals surface area (Å²) in [4.78, 5) is 10.8. The van der Waals surface area contributed by atoms with Gasteiger partial charge in [-0.05, 0) is 23.8 Å². The van der Waals surface area contributed by atoms with Crippen LogP contribution in [-0.2, 0) is 9.53 Å². The van der Waals surface area contributed by atoms with Crippen LogP contribution in [0.4, 0.5) is 5.69 Å². The van der Waals surface area contributed by atoms with Crippen molar-refractivity contribution in [2.75, 3.05) is 12.8 Å². The number of hydrogen-bond donors (Lipinski definition) is 1. The van der Waals surface area contributed by atoms with Crippen molar-refractivity contribution in [1.29, 1.82) is 0 Å².